The lowest BCUT2D eigenvalue weighted by Gasteiger charge is -2.40. The fraction of sp³-hybridized carbons (Fsp3) is 1.00. The van der Waals surface area contributed by atoms with Crippen LogP contribution in [-0.4, -0.2) is 28.7 Å². The molecule has 0 N–H and O–H groups in total. The predicted molar refractivity (Wildman–Crippen MR) is 124 cm³/mol. The fourth-order valence-electron chi connectivity index (χ4n) is 4.03. The van der Waals surface area contributed by atoms with E-state index in [1.807, 2.05) is 0 Å². The lowest BCUT2D eigenvalue weighted by molar-refractivity contribution is -0.0836. The molecule has 0 fully saturated rings. The maximum Gasteiger partial charge on any atom is 0.0643 e. The van der Waals surface area contributed by atoms with Crippen molar-refractivity contribution in [3.63, 3.8) is 0 Å². The summed E-state index contributed by atoms with van der Waals surface area (Å²) < 4.78 is 12.5. The number of rotatable bonds is 13. The second-order valence-electron chi connectivity index (χ2n) is 11.5. The molecule has 3 heteroatoms. The Morgan fingerprint density at radius 1 is 0.815 bits per heavy atom. The van der Waals surface area contributed by atoms with Crippen LogP contribution < -0.4 is 0 Å². The normalized spacial score (nSPS) is 16.7. The van der Waals surface area contributed by atoms with Gasteiger partial charge < -0.3 is 9.47 Å². The smallest absolute Gasteiger partial charge is 0.0643 e. The van der Waals surface area contributed by atoms with E-state index < -0.39 is 0 Å². The highest BCUT2D eigenvalue weighted by molar-refractivity contribution is 7.81. The fourth-order valence-corrected chi connectivity index (χ4v) is 4.42. The van der Waals surface area contributed by atoms with E-state index >= 15 is 0 Å². The van der Waals surface area contributed by atoms with Crippen LogP contribution in [0, 0.1) is 17.3 Å². The van der Waals surface area contributed by atoms with Crippen molar-refractivity contribution in [2.45, 2.75) is 131 Å². The van der Waals surface area contributed by atoms with Crippen LogP contribution >= 0.6 is 12.6 Å². The largest absolute Gasteiger partial charge is 0.376 e. The van der Waals surface area contributed by atoms with Crippen molar-refractivity contribution in [3.8, 4) is 0 Å². The van der Waals surface area contributed by atoms with Crippen molar-refractivity contribution < 1.29 is 9.47 Å². The van der Waals surface area contributed by atoms with Crippen molar-refractivity contribution in [1.29, 1.82) is 0 Å². The quantitative estimate of drug-likeness (QED) is 0.253. The van der Waals surface area contributed by atoms with Gasteiger partial charge in [0.25, 0.3) is 0 Å². The van der Waals surface area contributed by atoms with Gasteiger partial charge in [0.05, 0.1) is 17.3 Å². The molecular weight excluding hydrogens is 352 g/mol. The van der Waals surface area contributed by atoms with Gasteiger partial charge in [-0.05, 0) is 77.6 Å². The minimum Gasteiger partial charge on any atom is -0.376 e. The van der Waals surface area contributed by atoms with Crippen molar-refractivity contribution in [1.82, 2.24) is 0 Å². The van der Waals surface area contributed by atoms with E-state index in [0.29, 0.717) is 17.3 Å². The number of thiol groups is 1. The van der Waals surface area contributed by atoms with E-state index in [0.717, 1.165) is 32.3 Å². The zero-order valence-electron chi connectivity index (χ0n) is 20.5. The van der Waals surface area contributed by atoms with Crippen LogP contribution in [0.4, 0.5) is 0 Å². The Balaban J connectivity index is 4.32. The monoisotopic (exact) mass is 402 g/mol. The Labute approximate surface area is 177 Å². The summed E-state index contributed by atoms with van der Waals surface area (Å²) in [6.45, 7) is 27.8. The molecule has 0 saturated heterocycles. The van der Waals surface area contributed by atoms with Crippen LogP contribution in [0.2, 0.25) is 0 Å². The third kappa shape index (κ3) is 11.8. The van der Waals surface area contributed by atoms with E-state index in [9.17, 15) is 0 Å². The molecule has 0 saturated carbocycles. The van der Waals surface area contributed by atoms with Gasteiger partial charge in [0.15, 0.2) is 0 Å². The zero-order valence-corrected chi connectivity index (χ0v) is 21.4. The molecule has 0 aliphatic rings. The molecule has 0 aromatic carbocycles. The summed E-state index contributed by atoms with van der Waals surface area (Å²) in [5.74, 6) is 1.30. The second kappa shape index (κ2) is 10.3. The number of hydrogen-bond acceptors (Lipinski definition) is 3. The van der Waals surface area contributed by atoms with Crippen molar-refractivity contribution in [3.05, 3.63) is 0 Å². The molecule has 0 amide bonds. The summed E-state index contributed by atoms with van der Waals surface area (Å²) in [6, 6.07) is 0. The maximum atomic E-state index is 6.28. The highest BCUT2D eigenvalue weighted by Crippen LogP contribution is 2.39. The average molecular weight is 403 g/mol. The highest BCUT2D eigenvalue weighted by Gasteiger charge is 2.34. The van der Waals surface area contributed by atoms with E-state index in [-0.39, 0.29) is 22.1 Å². The number of hydrogen-bond donors (Lipinski definition) is 1. The third-order valence-electron chi connectivity index (χ3n) is 6.18. The molecule has 0 bridgehead atoms. The predicted octanol–water partition coefficient (Wildman–Crippen LogP) is 7.55. The standard InChI is InChI=1S/C24H50O2S/c1-18(2)24(11,12)19(3)16-21(5,6)25-15-13-14-20(4)26-22(7,8)17-23(9,10)27/h18-20,27H,13-17H2,1-12H3. The molecule has 0 rings (SSSR count). The molecule has 2 nitrogen and oxygen atoms in total. The van der Waals surface area contributed by atoms with Crippen molar-refractivity contribution in [2.75, 3.05) is 6.61 Å². The van der Waals surface area contributed by atoms with Gasteiger partial charge in [-0.1, -0.05) is 48.5 Å². The Kier molecular flexibility index (Phi) is 10.4. The Bertz CT molecular complexity index is 419. The second-order valence-corrected chi connectivity index (χ2v) is 12.7. The van der Waals surface area contributed by atoms with Crippen molar-refractivity contribution in [2.24, 2.45) is 17.3 Å². The van der Waals surface area contributed by atoms with Gasteiger partial charge >= 0.3 is 0 Å². The molecule has 0 heterocycles. The lowest BCUT2D eigenvalue weighted by Crippen LogP contribution is -2.36. The van der Waals surface area contributed by atoms with Gasteiger partial charge in [-0.3, -0.25) is 0 Å². The van der Waals surface area contributed by atoms with E-state index in [2.05, 4.69) is 95.7 Å². The molecule has 0 aromatic rings. The minimum absolute atomic E-state index is 0.0171. The van der Waals surface area contributed by atoms with Crippen LogP contribution in [0.25, 0.3) is 0 Å². The van der Waals surface area contributed by atoms with Crippen LogP contribution in [0.15, 0.2) is 0 Å². The molecule has 2 atom stereocenters. The lowest BCUT2D eigenvalue weighted by atomic mass is 9.68. The first-order valence-electron chi connectivity index (χ1n) is 10.9. The maximum absolute atomic E-state index is 6.28. The van der Waals surface area contributed by atoms with Crippen LogP contribution in [0.3, 0.4) is 0 Å². The Hall–Kier alpha value is 0.270. The van der Waals surface area contributed by atoms with Gasteiger partial charge in [-0.15, -0.1) is 0 Å². The molecule has 164 valence electrons. The first kappa shape index (κ1) is 27.3. The molecule has 0 radical (unpaired) electrons. The van der Waals surface area contributed by atoms with E-state index in [1.54, 1.807) is 0 Å². The Morgan fingerprint density at radius 3 is 1.78 bits per heavy atom. The average Bonchev–Trinajstić information content (AvgIpc) is 2.39. The molecule has 0 aliphatic carbocycles. The highest BCUT2D eigenvalue weighted by atomic mass is 32.1. The van der Waals surface area contributed by atoms with Crippen LogP contribution in [-0.2, 0) is 9.47 Å². The summed E-state index contributed by atoms with van der Waals surface area (Å²) in [7, 11) is 0. The topological polar surface area (TPSA) is 18.5 Å². The first-order valence-corrected chi connectivity index (χ1v) is 11.4. The van der Waals surface area contributed by atoms with Gasteiger partial charge in [0.1, 0.15) is 0 Å². The molecular formula is C24H50O2S. The third-order valence-corrected chi connectivity index (χ3v) is 6.34. The van der Waals surface area contributed by atoms with Gasteiger partial charge in [-0.2, -0.15) is 12.6 Å². The zero-order chi connectivity index (χ0) is 21.7. The van der Waals surface area contributed by atoms with Gasteiger partial charge in [0, 0.05) is 11.4 Å². The van der Waals surface area contributed by atoms with Gasteiger partial charge in [0.2, 0.25) is 0 Å². The minimum atomic E-state index is -0.150. The van der Waals surface area contributed by atoms with Crippen molar-refractivity contribution >= 4 is 12.6 Å². The summed E-state index contributed by atoms with van der Waals surface area (Å²) in [4.78, 5) is 0. The molecule has 0 aromatic heterocycles. The molecule has 0 spiro atoms. The van der Waals surface area contributed by atoms with Crippen LogP contribution in [0.5, 0.6) is 0 Å². The number of ether oxygens (including phenoxy) is 2. The van der Waals surface area contributed by atoms with Crippen LogP contribution in [0.1, 0.15) is 109 Å². The summed E-state index contributed by atoms with van der Waals surface area (Å²) in [5.41, 5.74) is 0.100. The van der Waals surface area contributed by atoms with E-state index in [1.165, 1.54) is 0 Å². The first-order chi connectivity index (χ1) is 11.9. The summed E-state index contributed by atoms with van der Waals surface area (Å²) >= 11 is 4.65. The Morgan fingerprint density at radius 2 is 1.33 bits per heavy atom. The SMILES string of the molecule is CC(CCCOC(C)(C)CC(C)C(C)(C)C(C)C)OC(C)(C)CC(C)(C)S. The molecule has 0 aliphatic heterocycles. The summed E-state index contributed by atoms with van der Waals surface area (Å²) in [6.07, 6.45) is 4.32. The van der Waals surface area contributed by atoms with Gasteiger partial charge in [-0.25, -0.2) is 0 Å². The molecule has 27 heavy (non-hydrogen) atoms. The van der Waals surface area contributed by atoms with E-state index in [4.69, 9.17) is 9.47 Å². The molecule has 2 unspecified atom stereocenters. The summed E-state index contributed by atoms with van der Waals surface area (Å²) in [5, 5.41) is 0.